The van der Waals surface area contributed by atoms with E-state index in [9.17, 15) is 4.79 Å². The van der Waals surface area contributed by atoms with Gasteiger partial charge in [-0.15, -0.1) is 0 Å². The number of aromatic nitrogens is 2. The van der Waals surface area contributed by atoms with E-state index in [2.05, 4.69) is 10.1 Å². The fourth-order valence-corrected chi connectivity index (χ4v) is 2.98. The first-order chi connectivity index (χ1) is 11.7. The monoisotopic (exact) mass is 319 g/mol. The topological polar surface area (TPSA) is 59.2 Å². The molecule has 120 valence electrons. The number of rotatable bonds is 3. The minimum atomic E-state index is 0.183. The Morgan fingerprint density at radius 1 is 1.08 bits per heavy atom. The minimum absolute atomic E-state index is 0.183. The number of hydrogen-bond acceptors (Lipinski definition) is 4. The number of carbonyl (C=O) groups excluding carboxylic acids is 1. The summed E-state index contributed by atoms with van der Waals surface area (Å²) in [5.74, 6) is 1.25. The fourth-order valence-electron chi connectivity index (χ4n) is 2.98. The highest BCUT2D eigenvalue weighted by atomic mass is 16.5. The van der Waals surface area contributed by atoms with Crippen LogP contribution in [-0.2, 0) is 4.79 Å². The second-order valence-corrected chi connectivity index (χ2v) is 5.93. The van der Waals surface area contributed by atoms with Crippen LogP contribution in [0.5, 0.6) is 0 Å². The molecular formula is C19H17N3O2. The molecule has 0 radical (unpaired) electrons. The Morgan fingerprint density at radius 2 is 1.88 bits per heavy atom. The molecule has 5 nitrogen and oxygen atoms in total. The lowest BCUT2D eigenvalue weighted by Gasteiger charge is -2.15. The van der Waals surface area contributed by atoms with Gasteiger partial charge >= 0.3 is 0 Å². The molecule has 5 heteroatoms. The first-order valence-electron chi connectivity index (χ1n) is 8.03. The molecule has 1 aliphatic heterocycles. The number of benzene rings is 2. The largest absolute Gasteiger partial charge is 0.334 e. The van der Waals surface area contributed by atoms with Crippen LogP contribution in [0.2, 0.25) is 0 Å². The molecule has 1 amide bonds. The van der Waals surface area contributed by atoms with Gasteiger partial charge in [-0.3, -0.25) is 4.79 Å². The SMILES string of the molecule is Cc1ccccc1-c1noc(-c2ccc(N3CCCC3=O)cc2)n1. The Kier molecular flexibility index (Phi) is 3.61. The minimum Gasteiger partial charge on any atom is -0.334 e. The highest BCUT2D eigenvalue weighted by Gasteiger charge is 2.21. The zero-order valence-corrected chi connectivity index (χ0v) is 13.4. The van der Waals surface area contributed by atoms with Crippen molar-refractivity contribution in [3.8, 4) is 22.8 Å². The molecule has 3 aromatic rings. The Bertz CT molecular complexity index is 884. The van der Waals surface area contributed by atoms with Gasteiger partial charge in [0.15, 0.2) is 0 Å². The van der Waals surface area contributed by atoms with Crippen LogP contribution >= 0.6 is 0 Å². The molecule has 24 heavy (non-hydrogen) atoms. The van der Waals surface area contributed by atoms with E-state index >= 15 is 0 Å². The highest BCUT2D eigenvalue weighted by molar-refractivity contribution is 5.95. The molecule has 0 aliphatic carbocycles. The number of amides is 1. The second-order valence-electron chi connectivity index (χ2n) is 5.93. The van der Waals surface area contributed by atoms with Crippen LogP contribution in [0.25, 0.3) is 22.8 Å². The molecule has 4 rings (SSSR count). The molecule has 1 saturated heterocycles. The van der Waals surface area contributed by atoms with E-state index in [1.54, 1.807) is 0 Å². The fraction of sp³-hybridized carbons (Fsp3) is 0.211. The maximum atomic E-state index is 11.8. The average Bonchev–Trinajstić information content (AvgIpc) is 3.25. The van der Waals surface area contributed by atoms with Crippen molar-refractivity contribution < 1.29 is 9.32 Å². The smallest absolute Gasteiger partial charge is 0.258 e. The van der Waals surface area contributed by atoms with Gasteiger partial charge in [-0.2, -0.15) is 4.98 Å². The maximum absolute atomic E-state index is 11.8. The zero-order chi connectivity index (χ0) is 16.5. The van der Waals surface area contributed by atoms with Crippen LogP contribution in [0.1, 0.15) is 18.4 Å². The third-order valence-electron chi connectivity index (χ3n) is 4.31. The van der Waals surface area contributed by atoms with Gasteiger partial charge in [0, 0.05) is 29.8 Å². The number of hydrogen-bond donors (Lipinski definition) is 0. The molecule has 0 atom stereocenters. The lowest BCUT2D eigenvalue weighted by molar-refractivity contribution is -0.117. The van der Waals surface area contributed by atoms with E-state index in [-0.39, 0.29) is 5.91 Å². The van der Waals surface area contributed by atoms with Crippen LogP contribution in [0.4, 0.5) is 5.69 Å². The van der Waals surface area contributed by atoms with Crippen molar-refractivity contribution in [2.75, 3.05) is 11.4 Å². The summed E-state index contributed by atoms with van der Waals surface area (Å²) in [7, 11) is 0. The van der Waals surface area contributed by atoms with Crippen LogP contribution in [0, 0.1) is 6.92 Å². The Morgan fingerprint density at radius 3 is 2.58 bits per heavy atom. The van der Waals surface area contributed by atoms with Gasteiger partial charge in [-0.25, -0.2) is 0 Å². The molecule has 0 spiro atoms. The third kappa shape index (κ3) is 2.58. The van der Waals surface area contributed by atoms with Gasteiger partial charge < -0.3 is 9.42 Å². The van der Waals surface area contributed by atoms with Crippen molar-refractivity contribution >= 4 is 11.6 Å². The van der Waals surface area contributed by atoms with Crippen LogP contribution in [0.15, 0.2) is 53.1 Å². The summed E-state index contributed by atoms with van der Waals surface area (Å²) in [6.45, 7) is 2.81. The molecular weight excluding hydrogens is 302 g/mol. The van der Waals surface area contributed by atoms with Crippen molar-refractivity contribution in [3.05, 3.63) is 54.1 Å². The average molecular weight is 319 g/mol. The van der Waals surface area contributed by atoms with E-state index in [0.29, 0.717) is 18.1 Å². The number of aryl methyl sites for hydroxylation is 1. The summed E-state index contributed by atoms with van der Waals surface area (Å²) in [5, 5.41) is 4.08. The zero-order valence-electron chi connectivity index (χ0n) is 13.4. The molecule has 0 bridgehead atoms. The molecule has 1 aromatic heterocycles. The predicted octanol–water partition coefficient (Wildman–Crippen LogP) is 3.84. The summed E-state index contributed by atoms with van der Waals surface area (Å²) < 4.78 is 5.40. The van der Waals surface area contributed by atoms with Gasteiger partial charge in [0.05, 0.1) is 0 Å². The second kappa shape index (κ2) is 5.92. The number of carbonyl (C=O) groups is 1. The van der Waals surface area contributed by atoms with Gasteiger partial charge in [0.1, 0.15) is 0 Å². The van der Waals surface area contributed by atoms with Gasteiger partial charge in [0.25, 0.3) is 5.89 Å². The van der Waals surface area contributed by atoms with Gasteiger partial charge in [0.2, 0.25) is 11.7 Å². The number of anilines is 1. The third-order valence-corrected chi connectivity index (χ3v) is 4.31. The van der Waals surface area contributed by atoms with Crippen molar-refractivity contribution in [2.24, 2.45) is 0 Å². The summed E-state index contributed by atoms with van der Waals surface area (Å²) in [6.07, 6.45) is 1.55. The summed E-state index contributed by atoms with van der Waals surface area (Å²) >= 11 is 0. The lowest BCUT2D eigenvalue weighted by atomic mass is 10.1. The van der Waals surface area contributed by atoms with Gasteiger partial charge in [-0.05, 0) is 43.2 Å². The Hall–Kier alpha value is -2.95. The van der Waals surface area contributed by atoms with E-state index in [1.807, 2.05) is 60.4 Å². The molecule has 2 aromatic carbocycles. The van der Waals surface area contributed by atoms with E-state index in [1.165, 1.54) is 0 Å². The highest BCUT2D eigenvalue weighted by Crippen LogP contribution is 2.27. The molecule has 1 fully saturated rings. The van der Waals surface area contributed by atoms with Crippen molar-refractivity contribution in [2.45, 2.75) is 19.8 Å². The Labute approximate surface area is 139 Å². The maximum Gasteiger partial charge on any atom is 0.258 e. The molecule has 0 N–H and O–H groups in total. The predicted molar refractivity (Wildman–Crippen MR) is 91.5 cm³/mol. The standard InChI is InChI=1S/C19H17N3O2/c1-13-5-2-3-6-16(13)18-20-19(24-21-18)14-8-10-15(11-9-14)22-12-4-7-17(22)23/h2-3,5-6,8-11H,4,7,12H2,1H3. The van der Waals surface area contributed by atoms with Crippen LogP contribution < -0.4 is 4.90 Å². The van der Waals surface area contributed by atoms with Crippen LogP contribution in [0.3, 0.4) is 0 Å². The van der Waals surface area contributed by atoms with E-state index < -0.39 is 0 Å². The Balaban J connectivity index is 1.61. The summed E-state index contributed by atoms with van der Waals surface area (Å²) in [6, 6.07) is 15.6. The van der Waals surface area contributed by atoms with Crippen LogP contribution in [-0.4, -0.2) is 22.6 Å². The molecule has 0 unspecified atom stereocenters. The first-order valence-corrected chi connectivity index (χ1v) is 8.03. The normalized spacial score (nSPS) is 14.4. The van der Waals surface area contributed by atoms with E-state index in [0.717, 1.165) is 35.3 Å². The van der Waals surface area contributed by atoms with Gasteiger partial charge in [-0.1, -0.05) is 29.4 Å². The molecule has 0 saturated carbocycles. The summed E-state index contributed by atoms with van der Waals surface area (Å²) in [5.41, 5.74) is 3.83. The van der Waals surface area contributed by atoms with Crippen molar-refractivity contribution in [3.63, 3.8) is 0 Å². The summed E-state index contributed by atoms with van der Waals surface area (Å²) in [4.78, 5) is 18.1. The molecule has 2 heterocycles. The number of nitrogens with zero attached hydrogens (tertiary/aromatic N) is 3. The lowest BCUT2D eigenvalue weighted by Crippen LogP contribution is -2.23. The van der Waals surface area contributed by atoms with Crippen molar-refractivity contribution in [1.29, 1.82) is 0 Å². The first kappa shape index (κ1) is 14.6. The van der Waals surface area contributed by atoms with E-state index in [4.69, 9.17) is 4.52 Å². The van der Waals surface area contributed by atoms with Crippen molar-refractivity contribution in [1.82, 2.24) is 10.1 Å². The molecule has 1 aliphatic rings. The quantitative estimate of drug-likeness (QED) is 0.736.